The zero-order chi connectivity index (χ0) is 28.2. The summed E-state index contributed by atoms with van der Waals surface area (Å²) in [5, 5.41) is 14.3. The van der Waals surface area contributed by atoms with E-state index in [0.717, 1.165) is 5.69 Å². The minimum atomic E-state index is -0.690. The van der Waals surface area contributed by atoms with E-state index in [1.165, 1.54) is 21.5 Å². The van der Waals surface area contributed by atoms with Crippen LogP contribution in [0, 0.1) is 0 Å². The standard InChI is InChI=1S/C29H27N9O2/c1-4-16-31-27-24(25(30)36-37(27)3)28(39)33-18(2)26-34-22-12-8-9-19(13-14-20-15-17-32-35-20)23(22)29(40)38(26)21-10-6-5-7-11-21/h4-18H,1H2,2-3H3,(H2,30,36)(H,32,35)(H,33,39)/b14-13+,31-16-. The van der Waals surface area contributed by atoms with Crippen LogP contribution < -0.4 is 16.6 Å². The number of rotatable bonds is 8. The minimum absolute atomic E-state index is 0.0315. The second kappa shape index (κ2) is 11.0. The number of benzene rings is 2. The third-order valence-corrected chi connectivity index (χ3v) is 6.24. The van der Waals surface area contributed by atoms with Crippen LogP contribution in [0.3, 0.4) is 0 Å². The molecule has 1 unspecified atom stereocenters. The maximum atomic E-state index is 14.1. The zero-order valence-electron chi connectivity index (χ0n) is 21.9. The Hall–Kier alpha value is -5.58. The number of allylic oxidation sites excluding steroid dienone is 1. The fourth-order valence-electron chi connectivity index (χ4n) is 4.43. The van der Waals surface area contributed by atoms with Gasteiger partial charge in [-0.3, -0.25) is 19.3 Å². The Bertz CT molecular complexity index is 1810. The van der Waals surface area contributed by atoms with Crippen LogP contribution in [0.4, 0.5) is 11.6 Å². The molecule has 1 amide bonds. The molecule has 2 aromatic carbocycles. The van der Waals surface area contributed by atoms with E-state index < -0.39 is 11.9 Å². The van der Waals surface area contributed by atoms with Gasteiger partial charge >= 0.3 is 0 Å². The van der Waals surface area contributed by atoms with Crippen molar-refractivity contribution >= 4 is 46.8 Å². The molecule has 3 heterocycles. The SMILES string of the molecule is C=C/C=N\c1c(C(=O)NC(C)c2nc3cccc(/C=C/c4ccn[nH]4)c3c(=O)n2-c2ccccc2)c(N)nn1C. The highest BCUT2D eigenvalue weighted by molar-refractivity contribution is 6.03. The summed E-state index contributed by atoms with van der Waals surface area (Å²) >= 11 is 0. The monoisotopic (exact) mass is 533 g/mol. The Morgan fingerprint density at radius 2 is 1.95 bits per heavy atom. The Labute approximate surface area is 229 Å². The van der Waals surface area contributed by atoms with Gasteiger partial charge in [-0.15, -0.1) is 0 Å². The molecule has 0 aliphatic heterocycles. The second-order valence-corrected chi connectivity index (χ2v) is 8.95. The lowest BCUT2D eigenvalue weighted by atomic mass is 10.1. The summed E-state index contributed by atoms with van der Waals surface area (Å²) in [5.41, 5.74) is 8.51. The molecule has 5 rings (SSSR count). The van der Waals surface area contributed by atoms with Gasteiger partial charge in [0.2, 0.25) is 0 Å². The largest absolute Gasteiger partial charge is 0.381 e. The van der Waals surface area contributed by atoms with Gasteiger partial charge in [-0.25, -0.2) is 14.7 Å². The normalized spacial score (nSPS) is 12.3. The summed E-state index contributed by atoms with van der Waals surface area (Å²) in [6.07, 6.45) is 8.28. The highest BCUT2D eigenvalue weighted by Gasteiger charge is 2.25. The average Bonchev–Trinajstić information content (AvgIpc) is 3.57. The number of hydrogen-bond acceptors (Lipinski definition) is 7. The van der Waals surface area contributed by atoms with Gasteiger partial charge in [0.05, 0.1) is 28.3 Å². The van der Waals surface area contributed by atoms with Crippen LogP contribution in [0.15, 0.2) is 83.2 Å². The van der Waals surface area contributed by atoms with Crippen molar-refractivity contribution in [3.8, 4) is 5.69 Å². The Balaban J connectivity index is 1.62. The number of fused-ring (bicyclic) bond motifs is 1. The number of anilines is 1. The van der Waals surface area contributed by atoms with Crippen LogP contribution in [-0.4, -0.2) is 41.7 Å². The van der Waals surface area contributed by atoms with Crippen molar-refractivity contribution in [3.63, 3.8) is 0 Å². The van der Waals surface area contributed by atoms with Gasteiger partial charge in [0.15, 0.2) is 11.6 Å². The van der Waals surface area contributed by atoms with Crippen molar-refractivity contribution in [1.82, 2.24) is 34.8 Å². The number of carbonyl (C=O) groups is 1. The number of aromatic nitrogens is 6. The van der Waals surface area contributed by atoms with E-state index in [1.807, 2.05) is 60.7 Å². The number of H-pyrrole nitrogens is 1. The van der Waals surface area contributed by atoms with Crippen molar-refractivity contribution in [3.05, 3.63) is 106 Å². The van der Waals surface area contributed by atoms with Crippen LogP contribution in [0.1, 0.15) is 40.4 Å². The molecule has 200 valence electrons. The first-order chi connectivity index (χ1) is 19.4. The molecule has 0 saturated carbocycles. The summed E-state index contributed by atoms with van der Waals surface area (Å²) in [7, 11) is 1.64. The highest BCUT2D eigenvalue weighted by atomic mass is 16.2. The van der Waals surface area contributed by atoms with Crippen molar-refractivity contribution < 1.29 is 4.79 Å². The van der Waals surface area contributed by atoms with Crippen molar-refractivity contribution in [2.24, 2.45) is 12.0 Å². The van der Waals surface area contributed by atoms with E-state index in [4.69, 9.17) is 10.7 Å². The number of nitrogens with zero attached hydrogens (tertiary/aromatic N) is 6. The van der Waals surface area contributed by atoms with Crippen LogP contribution in [0.2, 0.25) is 0 Å². The third kappa shape index (κ3) is 4.95. The van der Waals surface area contributed by atoms with Gasteiger partial charge in [0, 0.05) is 19.5 Å². The number of nitrogens with one attached hydrogen (secondary N) is 2. The van der Waals surface area contributed by atoms with Gasteiger partial charge < -0.3 is 11.1 Å². The van der Waals surface area contributed by atoms with Crippen molar-refractivity contribution in [1.29, 1.82) is 0 Å². The molecule has 0 fully saturated rings. The van der Waals surface area contributed by atoms with E-state index in [1.54, 1.807) is 26.2 Å². The summed E-state index contributed by atoms with van der Waals surface area (Å²) < 4.78 is 2.94. The van der Waals surface area contributed by atoms with Crippen LogP contribution in [-0.2, 0) is 7.05 Å². The second-order valence-electron chi connectivity index (χ2n) is 8.95. The first kappa shape index (κ1) is 26.0. The molecule has 11 nitrogen and oxygen atoms in total. The average molecular weight is 534 g/mol. The molecule has 1 atom stereocenters. The summed E-state index contributed by atoms with van der Waals surface area (Å²) in [4.78, 5) is 36.6. The van der Waals surface area contributed by atoms with Crippen molar-refractivity contribution in [2.75, 3.05) is 5.73 Å². The topological polar surface area (TPSA) is 149 Å². The molecule has 0 bridgehead atoms. The van der Waals surface area contributed by atoms with E-state index in [0.29, 0.717) is 28.0 Å². The molecule has 11 heteroatoms. The van der Waals surface area contributed by atoms with Crippen LogP contribution in [0.5, 0.6) is 0 Å². The maximum Gasteiger partial charge on any atom is 0.266 e. The molecule has 0 radical (unpaired) electrons. The third-order valence-electron chi connectivity index (χ3n) is 6.24. The van der Waals surface area contributed by atoms with E-state index in [9.17, 15) is 9.59 Å². The van der Waals surface area contributed by atoms with Gasteiger partial charge in [0.25, 0.3) is 11.5 Å². The number of amides is 1. The molecule has 5 aromatic rings. The van der Waals surface area contributed by atoms with Gasteiger partial charge in [-0.1, -0.05) is 49.1 Å². The quantitative estimate of drug-likeness (QED) is 0.257. The van der Waals surface area contributed by atoms with Crippen LogP contribution in [0.25, 0.3) is 28.7 Å². The number of para-hydroxylation sites is 1. The lowest BCUT2D eigenvalue weighted by Crippen LogP contribution is -2.33. The molecular weight excluding hydrogens is 506 g/mol. The van der Waals surface area contributed by atoms with Gasteiger partial charge in [-0.05, 0) is 42.8 Å². The fraction of sp³-hybridized carbons (Fsp3) is 0.103. The van der Waals surface area contributed by atoms with E-state index in [-0.39, 0.29) is 22.8 Å². The molecule has 3 aromatic heterocycles. The van der Waals surface area contributed by atoms with Crippen LogP contribution >= 0.6 is 0 Å². The van der Waals surface area contributed by atoms with E-state index in [2.05, 4.69) is 32.2 Å². The first-order valence-corrected chi connectivity index (χ1v) is 12.5. The zero-order valence-corrected chi connectivity index (χ0v) is 21.9. The molecular formula is C29H27N9O2. The molecule has 0 aliphatic carbocycles. The number of aryl methyl sites for hydroxylation is 1. The Morgan fingerprint density at radius 1 is 1.15 bits per heavy atom. The number of aliphatic imine (C=N–C) groups is 1. The lowest BCUT2D eigenvalue weighted by molar-refractivity contribution is 0.0939. The maximum absolute atomic E-state index is 14.1. The summed E-state index contributed by atoms with van der Waals surface area (Å²) in [6.45, 7) is 5.37. The van der Waals surface area contributed by atoms with E-state index >= 15 is 0 Å². The number of carbonyl (C=O) groups excluding carboxylic acids is 1. The van der Waals surface area contributed by atoms with Gasteiger partial charge in [-0.2, -0.15) is 10.2 Å². The van der Waals surface area contributed by atoms with Crippen molar-refractivity contribution in [2.45, 2.75) is 13.0 Å². The van der Waals surface area contributed by atoms with Gasteiger partial charge in [0.1, 0.15) is 11.4 Å². The number of nitrogen functional groups attached to an aromatic ring is 1. The Morgan fingerprint density at radius 3 is 2.67 bits per heavy atom. The minimum Gasteiger partial charge on any atom is -0.381 e. The number of hydrogen-bond donors (Lipinski definition) is 3. The highest BCUT2D eigenvalue weighted by Crippen LogP contribution is 2.26. The molecule has 0 spiro atoms. The predicted molar refractivity (Wildman–Crippen MR) is 157 cm³/mol. The molecule has 0 aliphatic rings. The summed E-state index contributed by atoms with van der Waals surface area (Å²) in [5.74, 6) is 0.164. The fourth-order valence-corrected chi connectivity index (χ4v) is 4.43. The number of nitrogens with two attached hydrogens (primary N) is 1. The predicted octanol–water partition coefficient (Wildman–Crippen LogP) is 3.97. The molecule has 0 saturated heterocycles. The Kier molecular flexibility index (Phi) is 7.18. The first-order valence-electron chi connectivity index (χ1n) is 12.5. The summed E-state index contributed by atoms with van der Waals surface area (Å²) in [6, 6.07) is 15.8. The molecule has 40 heavy (non-hydrogen) atoms. The molecule has 4 N–H and O–H groups in total. The number of aromatic amines is 1. The lowest BCUT2D eigenvalue weighted by Gasteiger charge is -2.20. The smallest absolute Gasteiger partial charge is 0.266 e.